The maximum atomic E-state index is 5.48. The van der Waals surface area contributed by atoms with Crippen LogP contribution in [0, 0.1) is 0 Å². The van der Waals surface area contributed by atoms with Crippen molar-refractivity contribution in [3.63, 3.8) is 0 Å². The molecule has 0 radical (unpaired) electrons. The Labute approximate surface area is 63.3 Å². The highest BCUT2D eigenvalue weighted by Crippen LogP contribution is 2.48. The Morgan fingerprint density at radius 2 is 1.70 bits per heavy atom. The Morgan fingerprint density at radius 3 is 2.10 bits per heavy atom. The van der Waals surface area contributed by atoms with Crippen molar-refractivity contribution < 1.29 is 4.65 Å². The zero-order chi connectivity index (χ0) is 6.97. The quantitative estimate of drug-likeness (QED) is 0.505. The van der Waals surface area contributed by atoms with Crippen LogP contribution >= 0.6 is 0 Å². The van der Waals surface area contributed by atoms with Crippen molar-refractivity contribution in [3.8, 4) is 0 Å². The van der Waals surface area contributed by atoms with Gasteiger partial charge in [-0.1, -0.05) is 32.1 Å². The van der Waals surface area contributed by atoms with Gasteiger partial charge in [-0.25, -0.2) is 0 Å². The lowest BCUT2D eigenvalue weighted by Gasteiger charge is -2.24. The first-order valence-corrected chi connectivity index (χ1v) is 4.44. The zero-order valence-corrected chi connectivity index (χ0v) is 6.68. The van der Waals surface area contributed by atoms with E-state index >= 15 is 0 Å². The molecule has 0 amide bonds. The van der Waals surface area contributed by atoms with Crippen molar-refractivity contribution in [1.82, 2.24) is 0 Å². The van der Waals surface area contributed by atoms with Crippen molar-refractivity contribution in [3.05, 3.63) is 0 Å². The highest BCUT2D eigenvalue weighted by Gasteiger charge is 2.42. The molecule has 2 aliphatic heterocycles. The van der Waals surface area contributed by atoms with Crippen molar-refractivity contribution in [2.75, 3.05) is 7.11 Å². The molecule has 1 nitrogen and oxygen atoms in total. The van der Waals surface area contributed by atoms with Crippen molar-refractivity contribution in [2.45, 2.75) is 43.7 Å². The van der Waals surface area contributed by atoms with Gasteiger partial charge in [0.15, 0.2) is 0 Å². The third kappa shape index (κ3) is 0.896. The van der Waals surface area contributed by atoms with Gasteiger partial charge in [-0.15, -0.1) is 0 Å². The molecule has 0 aromatic rings. The third-order valence-electron chi connectivity index (χ3n) is 3.26. The van der Waals surface area contributed by atoms with Gasteiger partial charge in [0.05, 0.1) is 0 Å². The second kappa shape index (κ2) is 2.57. The number of hydrogen-bond donors (Lipinski definition) is 0. The van der Waals surface area contributed by atoms with Crippen LogP contribution in [0.4, 0.5) is 0 Å². The molecule has 2 heterocycles. The molecule has 2 saturated heterocycles. The van der Waals surface area contributed by atoms with Crippen LogP contribution in [0.2, 0.25) is 11.6 Å². The normalized spacial score (nSPS) is 38.7. The van der Waals surface area contributed by atoms with E-state index in [-0.39, 0.29) is 0 Å². The van der Waals surface area contributed by atoms with E-state index in [4.69, 9.17) is 4.65 Å². The summed E-state index contributed by atoms with van der Waals surface area (Å²) in [6.07, 6.45) is 7.17. The zero-order valence-electron chi connectivity index (χ0n) is 6.68. The summed E-state index contributed by atoms with van der Waals surface area (Å²) in [5.74, 6) is 1.84. The molecule has 56 valence electrons. The van der Waals surface area contributed by atoms with Crippen LogP contribution in [0.25, 0.3) is 0 Å². The summed E-state index contributed by atoms with van der Waals surface area (Å²) in [5.41, 5.74) is 0. The molecule has 10 heavy (non-hydrogen) atoms. The molecular weight excluding hydrogens is 123 g/mol. The van der Waals surface area contributed by atoms with Crippen LogP contribution in [-0.4, -0.2) is 14.0 Å². The van der Waals surface area contributed by atoms with Crippen molar-refractivity contribution in [2.24, 2.45) is 0 Å². The van der Waals surface area contributed by atoms with E-state index in [1.807, 2.05) is 7.11 Å². The summed E-state index contributed by atoms with van der Waals surface area (Å²) >= 11 is 0. The fourth-order valence-corrected chi connectivity index (χ4v) is 2.79. The van der Waals surface area contributed by atoms with Gasteiger partial charge in [-0.05, 0) is 11.6 Å². The lowest BCUT2D eigenvalue weighted by atomic mass is 9.47. The second-order valence-electron chi connectivity index (χ2n) is 3.73. The number of hydrogen-bond acceptors (Lipinski definition) is 1. The molecule has 0 saturated carbocycles. The molecule has 2 atom stereocenters. The topological polar surface area (TPSA) is 9.23 Å². The van der Waals surface area contributed by atoms with Crippen LogP contribution in [0.3, 0.4) is 0 Å². The Kier molecular flexibility index (Phi) is 1.73. The van der Waals surface area contributed by atoms with Gasteiger partial charge in [-0.3, -0.25) is 0 Å². The van der Waals surface area contributed by atoms with E-state index < -0.39 is 0 Å². The van der Waals surface area contributed by atoms with E-state index in [0.29, 0.717) is 6.92 Å². The van der Waals surface area contributed by atoms with Crippen LogP contribution in [0.15, 0.2) is 0 Å². The van der Waals surface area contributed by atoms with Gasteiger partial charge in [0.1, 0.15) is 0 Å². The second-order valence-corrected chi connectivity index (χ2v) is 3.73. The molecular formula is C8H15BO. The first kappa shape index (κ1) is 6.72. The number of rotatable bonds is 1. The highest BCUT2D eigenvalue weighted by atomic mass is 16.4. The summed E-state index contributed by atoms with van der Waals surface area (Å²) < 4.78 is 5.48. The average Bonchev–Trinajstić information content (AvgIpc) is 2.19. The predicted octanol–water partition coefficient (Wildman–Crippen LogP) is 2.34. The van der Waals surface area contributed by atoms with Crippen LogP contribution < -0.4 is 0 Å². The fraction of sp³-hybridized carbons (Fsp3) is 1.00. The van der Waals surface area contributed by atoms with Crippen molar-refractivity contribution >= 4 is 6.92 Å². The molecule has 0 spiro atoms. The average molecular weight is 138 g/mol. The van der Waals surface area contributed by atoms with E-state index in [9.17, 15) is 0 Å². The molecule has 0 aliphatic carbocycles. The lowest BCUT2D eigenvalue weighted by molar-refractivity contribution is 0.386. The van der Waals surface area contributed by atoms with Gasteiger partial charge in [0.25, 0.3) is 6.92 Å². The molecule has 2 bridgehead atoms. The summed E-state index contributed by atoms with van der Waals surface area (Å²) in [4.78, 5) is 0. The maximum absolute atomic E-state index is 5.48. The summed E-state index contributed by atoms with van der Waals surface area (Å²) in [6, 6.07) is 0. The molecule has 2 aliphatic rings. The smallest absolute Gasteiger partial charge is 0.298 e. The Bertz CT molecular complexity index is 110. The summed E-state index contributed by atoms with van der Waals surface area (Å²) in [5, 5.41) is 0. The third-order valence-corrected chi connectivity index (χ3v) is 3.26. The lowest BCUT2D eigenvalue weighted by Crippen LogP contribution is -2.26. The van der Waals surface area contributed by atoms with Crippen LogP contribution in [-0.2, 0) is 4.65 Å². The minimum Gasteiger partial charge on any atom is -0.438 e. The van der Waals surface area contributed by atoms with Crippen LogP contribution in [0.5, 0.6) is 0 Å². The van der Waals surface area contributed by atoms with Gasteiger partial charge >= 0.3 is 0 Å². The Balaban J connectivity index is 2.06. The minimum atomic E-state index is 0.633. The van der Waals surface area contributed by atoms with E-state index in [2.05, 4.69) is 0 Å². The highest BCUT2D eigenvalue weighted by molar-refractivity contribution is 6.56. The first-order chi connectivity index (χ1) is 4.92. The Morgan fingerprint density at radius 1 is 1.10 bits per heavy atom. The van der Waals surface area contributed by atoms with Gasteiger partial charge in [-0.2, -0.15) is 0 Å². The molecule has 2 heteroatoms. The molecule has 2 unspecified atom stereocenters. The summed E-state index contributed by atoms with van der Waals surface area (Å²) in [7, 11) is 1.88. The molecule has 0 aromatic heterocycles. The summed E-state index contributed by atoms with van der Waals surface area (Å²) in [6.45, 7) is 0.633. The number of fused-ring (bicyclic) bond motifs is 2. The fourth-order valence-electron chi connectivity index (χ4n) is 2.79. The van der Waals surface area contributed by atoms with Crippen molar-refractivity contribution in [1.29, 1.82) is 0 Å². The van der Waals surface area contributed by atoms with Gasteiger partial charge < -0.3 is 4.65 Å². The Hall–Kier alpha value is 0.0249. The molecule has 2 fully saturated rings. The monoisotopic (exact) mass is 138 g/mol. The van der Waals surface area contributed by atoms with E-state index in [1.54, 1.807) is 0 Å². The molecule has 2 rings (SSSR count). The van der Waals surface area contributed by atoms with E-state index in [0.717, 1.165) is 11.6 Å². The standard InChI is InChI=1S/C8H15BO/c1-10-9-7-3-2-4-8(9)6-5-7/h7-8H,2-6H2,1H3. The van der Waals surface area contributed by atoms with Gasteiger partial charge in [0, 0.05) is 7.11 Å². The molecule has 0 aromatic carbocycles. The predicted molar refractivity (Wildman–Crippen MR) is 43.3 cm³/mol. The SMILES string of the molecule is COB1C2CCCC1CC2. The van der Waals surface area contributed by atoms with Crippen LogP contribution in [0.1, 0.15) is 32.1 Å². The minimum absolute atomic E-state index is 0.633. The molecule has 0 N–H and O–H groups in total. The largest absolute Gasteiger partial charge is 0.438 e. The maximum Gasteiger partial charge on any atom is 0.298 e. The van der Waals surface area contributed by atoms with E-state index in [1.165, 1.54) is 32.1 Å². The van der Waals surface area contributed by atoms with Gasteiger partial charge in [0.2, 0.25) is 0 Å². The first-order valence-electron chi connectivity index (χ1n) is 4.44.